The van der Waals surface area contributed by atoms with Gasteiger partial charge in [-0.1, -0.05) is 41.9 Å². The summed E-state index contributed by atoms with van der Waals surface area (Å²) in [7, 11) is 0. The van der Waals surface area contributed by atoms with Crippen LogP contribution >= 0.6 is 22.9 Å². The van der Waals surface area contributed by atoms with E-state index in [1.54, 1.807) is 23.1 Å². The van der Waals surface area contributed by atoms with Crippen LogP contribution in [0.1, 0.15) is 18.9 Å². The predicted molar refractivity (Wildman–Crippen MR) is 111 cm³/mol. The van der Waals surface area contributed by atoms with Crippen LogP contribution in [0, 0.1) is 5.82 Å². The van der Waals surface area contributed by atoms with Crippen molar-refractivity contribution in [2.75, 3.05) is 18.1 Å². The van der Waals surface area contributed by atoms with Crippen molar-refractivity contribution in [2.24, 2.45) is 0 Å². The summed E-state index contributed by atoms with van der Waals surface area (Å²) in [5, 5.41) is 3.05. The molecule has 4 nitrogen and oxygen atoms in total. The van der Waals surface area contributed by atoms with Crippen molar-refractivity contribution in [3.63, 3.8) is 0 Å². The van der Waals surface area contributed by atoms with E-state index >= 15 is 0 Å². The Kier molecular flexibility index (Phi) is 7.14. The summed E-state index contributed by atoms with van der Waals surface area (Å²) in [6.07, 6.45) is 0.246. The molecule has 0 radical (unpaired) electrons. The summed E-state index contributed by atoms with van der Waals surface area (Å²) < 4.78 is 18.5. The highest BCUT2D eigenvalue weighted by molar-refractivity contribution is 7.14. The van der Waals surface area contributed by atoms with Gasteiger partial charge in [0.05, 0.1) is 25.3 Å². The van der Waals surface area contributed by atoms with Gasteiger partial charge in [-0.3, -0.25) is 9.69 Å². The number of amides is 1. The quantitative estimate of drug-likeness (QED) is 0.449. The Morgan fingerprint density at radius 3 is 2.68 bits per heavy atom. The summed E-state index contributed by atoms with van der Waals surface area (Å²) in [5.74, 6) is -0.411. The van der Waals surface area contributed by atoms with Crippen molar-refractivity contribution in [1.29, 1.82) is 0 Å². The van der Waals surface area contributed by atoms with Crippen molar-refractivity contribution in [3.05, 3.63) is 70.3 Å². The monoisotopic (exact) mass is 418 g/mol. The zero-order valence-corrected chi connectivity index (χ0v) is 17.0. The number of carbonyl (C=O) groups excluding carboxylic acids is 1. The Hall–Kier alpha value is -2.28. The second-order valence-electron chi connectivity index (χ2n) is 6.05. The minimum absolute atomic E-state index is 0.0992. The van der Waals surface area contributed by atoms with Crippen LogP contribution in [0.15, 0.2) is 53.9 Å². The molecule has 0 fully saturated rings. The molecular formula is C21H20ClFN2O2S. The Labute approximate surface area is 172 Å². The fourth-order valence-corrected chi connectivity index (χ4v) is 3.73. The molecule has 0 spiro atoms. The molecule has 1 aromatic heterocycles. The number of anilines is 1. The molecule has 7 heteroatoms. The summed E-state index contributed by atoms with van der Waals surface area (Å²) in [6, 6.07) is 13.6. The molecule has 0 saturated carbocycles. The third kappa shape index (κ3) is 5.16. The Morgan fingerprint density at radius 2 is 1.96 bits per heavy atom. The fourth-order valence-electron chi connectivity index (χ4n) is 2.65. The van der Waals surface area contributed by atoms with Crippen LogP contribution in [0.25, 0.3) is 11.3 Å². The van der Waals surface area contributed by atoms with Crippen molar-refractivity contribution in [1.82, 2.24) is 4.98 Å². The maximum absolute atomic E-state index is 13.2. The van der Waals surface area contributed by atoms with E-state index < -0.39 is 0 Å². The van der Waals surface area contributed by atoms with Crippen molar-refractivity contribution in [2.45, 2.75) is 19.9 Å². The lowest BCUT2D eigenvalue weighted by Gasteiger charge is -2.20. The number of aromatic nitrogens is 1. The predicted octanol–water partition coefficient (Wildman–Crippen LogP) is 5.56. The molecule has 2 aromatic carbocycles. The van der Waals surface area contributed by atoms with E-state index in [1.807, 2.05) is 30.5 Å². The average Bonchev–Trinajstić information content (AvgIpc) is 3.17. The lowest BCUT2D eigenvalue weighted by atomic mass is 10.2. The molecule has 0 N–H and O–H groups in total. The molecule has 0 saturated heterocycles. The van der Waals surface area contributed by atoms with Gasteiger partial charge in [0.15, 0.2) is 5.13 Å². The Balaban J connectivity index is 1.86. The molecule has 0 unspecified atom stereocenters. The fraction of sp³-hybridized carbons (Fsp3) is 0.238. The van der Waals surface area contributed by atoms with Crippen LogP contribution in [-0.4, -0.2) is 24.1 Å². The molecule has 3 rings (SSSR count). The first-order valence-corrected chi connectivity index (χ1v) is 10.2. The van der Waals surface area contributed by atoms with E-state index in [9.17, 15) is 9.18 Å². The van der Waals surface area contributed by atoms with Gasteiger partial charge in [0.25, 0.3) is 0 Å². The topological polar surface area (TPSA) is 42.4 Å². The zero-order chi connectivity index (χ0) is 19.9. The maximum Gasteiger partial charge on any atom is 0.231 e. The molecule has 1 heterocycles. The minimum Gasteiger partial charge on any atom is -0.381 e. The number of carbonyl (C=O) groups is 1. The van der Waals surface area contributed by atoms with Crippen molar-refractivity contribution < 1.29 is 13.9 Å². The second kappa shape index (κ2) is 9.78. The number of thiazole rings is 1. The van der Waals surface area contributed by atoms with Crippen molar-refractivity contribution in [3.8, 4) is 11.3 Å². The van der Waals surface area contributed by atoms with Crippen LogP contribution in [0.3, 0.4) is 0 Å². The van der Waals surface area contributed by atoms with Gasteiger partial charge >= 0.3 is 0 Å². The maximum atomic E-state index is 13.2. The number of benzene rings is 2. The highest BCUT2D eigenvalue weighted by Crippen LogP contribution is 2.32. The molecule has 3 aromatic rings. The third-order valence-corrected chi connectivity index (χ3v) is 5.29. The highest BCUT2D eigenvalue weighted by Gasteiger charge is 2.20. The van der Waals surface area contributed by atoms with E-state index in [0.717, 1.165) is 11.1 Å². The van der Waals surface area contributed by atoms with Gasteiger partial charge in [-0.15, -0.1) is 11.3 Å². The zero-order valence-electron chi connectivity index (χ0n) is 15.4. The van der Waals surface area contributed by atoms with Crippen molar-refractivity contribution >= 4 is 34.0 Å². The number of hydrogen-bond acceptors (Lipinski definition) is 4. The molecular weight excluding hydrogens is 399 g/mol. The number of halogens is 2. The second-order valence-corrected chi connectivity index (χ2v) is 7.29. The van der Waals surface area contributed by atoms with Gasteiger partial charge in [-0.25, -0.2) is 9.37 Å². The smallest absolute Gasteiger partial charge is 0.231 e. The number of ether oxygens (including phenoxy) is 1. The lowest BCUT2D eigenvalue weighted by molar-refractivity contribution is -0.119. The van der Waals surface area contributed by atoms with Crippen LogP contribution in [-0.2, 0) is 16.1 Å². The van der Waals surface area contributed by atoms with Gasteiger partial charge in [0.2, 0.25) is 5.91 Å². The standard InChI is InChI=1S/C21H20ClFN2O2S/c1-2-27-12-11-20(26)25(13-15-7-9-16(23)10-8-15)21-24-19(14-28-21)17-5-3-4-6-18(17)22/h3-10,14H,2,11-13H2,1H3. The summed E-state index contributed by atoms with van der Waals surface area (Å²) in [4.78, 5) is 19.1. The minimum atomic E-state index is -0.312. The summed E-state index contributed by atoms with van der Waals surface area (Å²) >= 11 is 7.64. The molecule has 0 atom stereocenters. The van der Waals surface area contributed by atoms with Gasteiger partial charge in [-0.05, 0) is 30.7 Å². The molecule has 0 aliphatic rings. The molecule has 0 bridgehead atoms. The molecule has 0 aliphatic heterocycles. The van der Waals surface area contributed by atoms with E-state index in [-0.39, 0.29) is 18.1 Å². The first-order chi connectivity index (χ1) is 13.6. The molecule has 28 heavy (non-hydrogen) atoms. The highest BCUT2D eigenvalue weighted by atomic mass is 35.5. The largest absolute Gasteiger partial charge is 0.381 e. The number of hydrogen-bond donors (Lipinski definition) is 0. The SMILES string of the molecule is CCOCCC(=O)N(Cc1ccc(F)cc1)c1nc(-c2ccccc2Cl)cs1. The third-order valence-electron chi connectivity index (χ3n) is 4.09. The van der Waals surface area contributed by atoms with E-state index in [2.05, 4.69) is 4.98 Å². The van der Waals surface area contributed by atoms with E-state index in [1.165, 1.54) is 23.5 Å². The van der Waals surface area contributed by atoms with E-state index in [0.29, 0.717) is 35.6 Å². The summed E-state index contributed by atoms with van der Waals surface area (Å²) in [5.41, 5.74) is 2.35. The normalized spacial score (nSPS) is 10.8. The summed E-state index contributed by atoms with van der Waals surface area (Å²) in [6.45, 7) is 3.09. The van der Waals surface area contributed by atoms with Crippen LogP contribution in [0.2, 0.25) is 5.02 Å². The van der Waals surface area contributed by atoms with Gasteiger partial charge in [-0.2, -0.15) is 0 Å². The Bertz CT molecular complexity index is 930. The number of nitrogens with zero attached hydrogens (tertiary/aromatic N) is 2. The van der Waals surface area contributed by atoms with Gasteiger partial charge in [0.1, 0.15) is 5.82 Å². The molecule has 146 valence electrons. The van der Waals surface area contributed by atoms with Crippen LogP contribution in [0.5, 0.6) is 0 Å². The first kappa shape index (κ1) is 20.5. The van der Waals surface area contributed by atoms with Gasteiger partial charge in [0, 0.05) is 22.6 Å². The molecule has 1 amide bonds. The lowest BCUT2D eigenvalue weighted by Crippen LogP contribution is -2.31. The van der Waals surface area contributed by atoms with Gasteiger partial charge < -0.3 is 4.74 Å². The Morgan fingerprint density at radius 1 is 1.21 bits per heavy atom. The first-order valence-electron chi connectivity index (χ1n) is 8.91. The van der Waals surface area contributed by atoms with E-state index in [4.69, 9.17) is 16.3 Å². The molecule has 0 aliphatic carbocycles. The van der Waals surface area contributed by atoms with Crippen LogP contribution < -0.4 is 4.90 Å². The average molecular weight is 419 g/mol. The van der Waals surface area contributed by atoms with Crippen LogP contribution in [0.4, 0.5) is 9.52 Å². The number of rotatable bonds is 8.